The number of allylic oxidation sites excluding steroid dienone is 1. The third-order valence-electron chi connectivity index (χ3n) is 1.52. The predicted octanol–water partition coefficient (Wildman–Crippen LogP) is 3.70. The third kappa shape index (κ3) is 3.46. The zero-order chi connectivity index (χ0) is 10.4. The Balaban J connectivity index is 2.85. The maximum atomic E-state index is 12.0. The molecule has 1 nitrogen and oxygen atoms in total. The summed E-state index contributed by atoms with van der Waals surface area (Å²) in [5.74, 6) is 0.194. The number of benzene rings is 1. The van der Waals surface area contributed by atoms with Crippen LogP contribution in [0.4, 0.5) is 8.78 Å². The van der Waals surface area contributed by atoms with Crippen LogP contribution in [0.15, 0.2) is 30.3 Å². The Morgan fingerprint density at radius 2 is 2.07 bits per heavy atom. The van der Waals surface area contributed by atoms with Crippen molar-refractivity contribution < 1.29 is 13.5 Å². The summed E-state index contributed by atoms with van der Waals surface area (Å²) >= 11 is 3.21. The SMILES string of the molecule is FC(F)Oc1ccccc1/C=C/CBr. The van der Waals surface area contributed by atoms with E-state index in [0.29, 0.717) is 10.9 Å². The van der Waals surface area contributed by atoms with Crippen LogP contribution >= 0.6 is 15.9 Å². The molecule has 0 radical (unpaired) electrons. The monoisotopic (exact) mass is 262 g/mol. The minimum atomic E-state index is -2.78. The first-order valence-electron chi connectivity index (χ1n) is 4.00. The number of ether oxygens (including phenoxy) is 1. The highest BCUT2D eigenvalue weighted by molar-refractivity contribution is 9.09. The van der Waals surface area contributed by atoms with Gasteiger partial charge in [0.1, 0.15) is 5.75 Å². The zero-order valence-electron chi connectivity index (χ0n) is 7.29. The van der Waals surface area contributed by atoms with E-state index in [0.717, 1.165) is 0 Å². The zero-order valence-corrected chi connectivity index (χ0v) is 8.88. The van der Waals surface area contributed by atoms with E-state index in [2.05, 4.69) is 20.7 Å². The summed E-state index contributed by atoms with van der Waals surface area (Å²) in [6, 6.07) is 6.66. The Labute approximate surface area is 89.5 Å². The summed E-state index contributed by atoms with van der Waals surface area (Å²) in [6.45, 7) is -2.78. The molecule has 0 saturated heterocycles. The van der Waals surface area contributed by atoms with E-state index in [1.807, 2.05) is 6.08 Å². The molecule has 1 aromatic rings. The number of alkyl halides is 3. The van der Waals surface area contributed by atoms with Gasteiger partial charge in [-0.1, -0.05) is 46.3 Å². The molecule has 0 aliphatic rings. The lowest BCUT2D eigenvalue weighted by molar-refractivity contribution is -0.0499. The number of para-hydroxylation sites is 1. The average molecular weight is 263 g/mol. The molecule has 0 aliphatic heterocycles. The van der Waals surface area contributed by atoms with Crippen LogP contribution in [0.3, 0.4) is 0 Å². The summed E-state index contributed by atoms with van der Waals surface area (Å²) in [6.07, 6.45) is 3.54. The van der Waals surface area contributed by atoms with Crippen LogP contribution < -0.4 is 4.74 Å². The van der Waals surface area contributed by atoms with Gasteiger partial charge in [0.05, 0.1) is 0 Å². The Hall–Kier alpha value is -0.900. The molecule has 0 N–H and O–H groups in total. The molecule has 4 heteroatoms. The van der Waals surface area contributed by atoms with E-state index in [-0.39, 0.29) is 5.75 Å². The first-order valence-corrected chi connectivity index (χ1v) is 5.12. The topological polar surface area (TPSA) is 9.23 Å². The van der Waals surface area contributed by atoms with Crippen molar-refractivity contribution in [1.82, 2.24) is 0 Å². The van der Waals surface area contributed by atoms with Crippen LogP contribution in [0, 0.1) is 0 Å². The van der Waals surface area contributed by atoms with Gasteiger partial charge in [0, 0.05) is 10.9 Å². The first-order chi connectivity index (χ1) is 6.74. The van der Waals surface area contributed by atoms with Gasteiger partial charge in [0.15, 0.2) is 0 Å². The number of hydrogen-bond acceptors (Lipinski definition) is 1. The summed E-state index contributed by atoms with van der Waals surface area (Å²) in [4.78, 5) is 0. The van der Waals surface area contributed by atoms with Crippen LogP contribution in [0.5, 0.6) is 5.75 Å². The largest absolute Gasteiger partial charge is 0.434 e. The van der Waals surface area contributed by atoms with Gasteiger partial charge < -0.3 is 4.74 Å². The van der Waals surface area contributed by atoms with Gasteiger partial charge in [0.25, 0.3) is 0 Å². The Kier molecular flexibility index (Phi) is 4.59. The summed E-state index contributed by atoms with van der Waals surface area (Å²) in [5.41, 5.74) is 0.646. The maximum Gasteiger partial charge on any atom is 0.387 e. The molecule has 1 rings (SSSR count). The lowest BCUT2D eigenvalue weighted by atomic mass is 10.2. The molecule has 0 amide bonds. The van der Waals surface area contributed by atoms with Crippen molar-refractivity contribution in [1.29, 1.82) is 0 Å². The van der Waals surface area contributed by atoms with Crippen LogP contribution in [-0.2, 0) is 0 Å². The molecule has 76 valence electrons. The third-order valence-corrected chi connectivity index (χ3v) is 1.90. The molecular weight excluding hydrogens is 254 g/mol. The highest BCUT2D eigenvalue weighted by atomic mass is 79.9. The fraction of sp³-hybridized carbons (Fsp3) is 0.200. The molecule has 0 fully saturated rings. The Morgan fingerprint density at radius 3 is 2.71 bits per heavy atom. The fourth-order valence-corrected chi connectivity index (χ4v) is 1.18. The van der Waals surface area contributed by atoms with Crippen molar-refractivity contribution in [3.05, 3.63) is 35.9 Å². The molecule has 0 unspecified atom stereocenters. The second-order valence-corrected chi connectivity index (χ2v) is 3.12. The Bertz CT molecular complexity index is 313. The van der Waals surface area contributed by atoms with Crippen molar-refractivity contribution in [2.24, 2.45) is 0 Å². The highest BCUT2D eigenvalue weighted by Gasteiger charge is 2.06. The first kappa shape index (κ1) is 11.2. The fourth-order valence-electron chi connectivity index (χ4n) is 0.993. The average Bonchev–Trinajstić information content (AvgIpc) is 2.16. The Morgan fingerprint density at radius 1 is 1.36 bits per heavy atom. The number of hydrogen-bond donors (Lipinski definition) is 0. The van der Waals surface area contributed by atoms with Gasteiger partial charge in [-0.2, -0.15) is 8.78 Å². The standard InChI is InChI=1S/C10H9BrF2O/c11-7-3-5-8-4-1-2-6-9(8)14-10(12)13/h1-6,10H,7H2/b5-3+. The molecule has 0 bridgehead atoms. The van der Waals surface area contributed by atoms with Crippen molar-refractivity contribution in [2.75, 3.05) is 5.33 Å². The van der Waals surface area contributed by atoms with Gasteiger partial charge in [0.2, 0.25) is 0 Å². The molecule has 0 saturated carbocycles. The second kappa shape index (κ2) is 5.75. The lowest BCUT2D eigenvalue weighted by Gasteiger charge is -2.06. The molecule has 0 atom stereocenters. The summed E-state index contributed by atoms with van der Waals surface area (Å²) in [7, 11) is 0. The molecular formula is C10H9BrF2O. The summed E-state index contributed by atoms with van der Waals surface area (Å²) < 4.78 is 28.3. The van der Waals surface area contributed by atoms with Crippen LogP contribution in [-0.4, -0.2) is 11.9 Å². The van der Waals surface area contributed by atoms with E-state index in [9.17, 15) is 8.78 Å². The normalized spacial score (nSPS) is 11.1. The van der Waals surface area contributed by atoms with Crippen molar-refractivity contribution in [3.8, 4) is 5.75 Å². The van der Waals surface area contributed by atoms with Gasteiger partial charge in [-0.3, -0.25) is 0 Å². The number of rotatable bonds is 4. The van der Waals surface area contributed by atoms with E-state index in [1.165, 1.54) is 6.07 Å². The smallest absolute Gasteiger partial charge is 0.387 e. The van der Waals surface area contributed by atoms with Crippen LogP contribution in [0.1, 0.15) is 5.56 Å². The number of halogens is 3. The van der Waals surface area contributed by atoms with Crippen molar-refractivity contribution in [2.45, 2.75) is 6.61 Å². The minimum Gasteiger partial charge on any atom is -0.434 e. The molecule has 14 heavy (non-hydrogen) atoms. The quantitative estimate of drug-likeness (QED) is 0.752. The second-order valence-electron chi connectivity index (χ2n) is 2.47. The van der Waals surface area contributed by atoms with E-state index < -0.39 is 6.61 Å². The molecule has 0 aliphatic carbocycles. The molecule has 0 aromatic heterocycles. The molecule has 0 spiro atoms. The van der Waals surface area contributed by atoms with E-state index in [1.54, 1.807) is 24.3 Å². The maximum absolute atomic E-state index is 12.0. The van der Waals surface area contributed by atoms with Crippen molar-refractivity contribution >= 4 is 22.0 Å². The van der Waals surface area contributed by atoms with Gasteiger partial charge >= 0.3 is 6.61 Å². The summed E-state index contributed by atoms with van der Waals surface area (Å²) in [5, 5.41) is 0.677. The molecule has 0 heterocycles. The molecule has 1 aromatic carbocycles. The van der Waals surface area contributed by atoms with E-state index in [4.69, 9.17) is 0 Å². The van der Waals surface area contributed by atoms with E-state index >= 15 is 0 Å². The van der Waals surface area contributed by atoms with Crippen molar-refractivity contribution in [3.63, 3.8) is 0 Å². The highest BCUT2D eigenvalue weighted by Crippen LogP contribution is 2.21. The van der Waals surface area contributed by atoms with Gasteiger partial charge in [-0.25, -0.2) is 0 Å². The predicted molar refractivity (Wildman–Crippen MR) is 55.9 cm³/mol. The van der Waals surface area contributed by atoms with Crippen LogP contribution in [0.25, 0.3) is 6.08 Å². The lowest BCUT2D eigenvalue weighted by Crippen LogP contribution is -2.02. The van der Waals surface area contributed by atoms with Crippen LogP contribution in [0.2, 0.25) is 0 Å². The van der Waals surface area contributed by atoms with Gasteiger partial charge in [-0.15, -0.1) is 0 Å². The van der Waals surface area contributed by atoms with Gasteiger partial charge in [-0.05, 0) is 6.07 Å². The minimum absolute atomic E-state index is 0.194.